The predicted octanol–water partition coefficient (Wildman–Crippen LogP) is 3.18. The Hall–Kier alpha value is -1.62. The van der Waals surface area contributed by atoms with Gasteiger partial charge in [0.05, 0.1) is 11.9 Å². The Labute approximate surface area is 107 Å². The van der Waals surface area contributed by atoms with Crippen molar-refractivity contribution in [2.75, 3.05) is 11.1 Å². The topological polar surface area (TPSA) is 50.9 Å². The Morgan fingerprint density at radius 2 is 2.12 bits per heavy atom. The molecule has 0 saturated heterocycles. The first-order valence-electron chi connectivity index (χ1n) is 5.04. The van der Waals surface area contributed by atoms with Gasteiger partial charge in [0.1, 0.15) is 11.6 Å². The van der Waals surface area contributed by atoms with Gasteiger partial charge in [0, 0.05) is 16.6 Å². The molecule has 0 saturated carbocycles. The van der Waals surface area contributed by atoms with E-state index >= 15 is 0 Å². The number of benzene rings is 1. The number of anilines is 2. The van der Waals surface area contributed by atoms with E-state index in [2.05, 4.69) is 26.2 Å². The third-order valence-corrected chi connectivity index (χ3v) is 2.75. The molecule has 0 atom stereocenters. The molecular formula is C12H11BrFN3. The van der Waals surface area contributed by atoms with E-state index in [0.29, 0.717) is 23.6 Å². The smallest absolute Gasteiger partial charge is 0.128 e. The lowest BCUT2D eigenvalue weighted by atomic mass is 10.2. The summed E-state index contributed by atoms with van der Waals surface area (Å²) in [6, 6.07) is 8.33. The predicted molar refractivity (Wildman–Crippen MR) is 70.1 cm³/mol. The molecule has 0 bridgehead atoms. The first-order valence-corrected chi connectivity index (χ1v) is 5.84. The van der Waals surface area contributed by atoms with Crippen LogP contribution in [-0.4, -0.2) is 4.98 Å². The van der Waals surface area contributed by atoms with Crippen molar-refractivity contribution in [2.24, 2.45) is 0 Å². The van der Waals surface area contributed by atoms with E-state index in [1.165, 1.54) is 6.07 Å². The van der Waals surface area contributed by atoms with E-state index in [9.17, 15) is 4.39 Å². The second-order valence-corrected chi connectivity index (χ2v) is 4.48. The van der Waals surface area contributed by atoms with Gasteiger partial charge in [-0.15, -0.1) is 0 Å². The van der Waals surface area contributed by atoms with E-state index in [0.717, 1.165) is 4.47 Å². The fourth-order valence-corrected chi connectivity index (χ4v) is 1.78. The second-order valence-electron chi connectivity index (χ2n) is 3.57. The average molecular weight is 296 g/mol. The highest BCUT2D eigenvalue weighted by atomic mass is 79.9. The Bertz CT molecular complexity index is 514. The molecule has 1 aromatic carbocycles. The summed E-state index contributed by atoms with van der Waals surface area (Å²) in [4.78, 5) is 4.08. The number of hydrogen-bond acceptors (Lipinski definition) is 3. The first kappa shape index (κ1) is 11.9. The van der Waals surface area contributed by atoms with Gasteiger partial charge < -0.3 is 11.1 Å². The molecule has 88 valence electrons. The summed E-state index contributed by atoms with van der Waals surface area (Å²) in [5.74, 6) is 0.426. The number of nitrogens with one attached hydrogen (secondary N) is 1. The number of rotatable bonds is 3. The Kier molecular flexibility index (Phi) is 3.58. The average Bonchev–Trinajstić information content (AvgIpc) is 2.32. The van der Waals surface area contributed by atoms with Crippen LogP contribution in [0.5, 0.6) is 0 Å². The monoisotopic (exact) mass is 295 g/mol. The molecule has 0 radical (unpaired) electrons. The third kappa shape index (κ3) is 3.17. The van der Waals surface area contributed by atoms with Gasteiger partial charge in [-0.3, -0.25) is 0 Å². The summed E-state index contributed by atoms with van der Waals surface area (Å²) in [5, 5.41) is 3.03. The van der Waals surface area contributed by atoms with Crippen molar-refractivity contribution in [3.63, 3.8) is 0 Å². The van der Waals surface area contributed by atoms with Gasteiger partial charge in [-0.05, 0) is 30.3 Å². The highest BCUT2D eigenvalue weighted by Crippen LogP contribution is 2.16. The Balaban J connectivity index is 2.07. The van der Waals surface area contributed by atoms with E-state index in [1.807, 2.05) is 0 Å². The van der Waals surface area contributed by atoms with Crippen LogP contribution in [0.2, 0.25) is 0 Å². The largest absolute Gasteiger partial charge is 0.397 e. The van der Waals surface area contributed by atoms with Crippen molar-refractivity contribution < 1.29 is 4.39 Å². The lowest BCUT2D eigenvalue weighted by Gasteiger charge is -2.07. The van der Waals surface area contributed by atoms with Crippen LogP contribution in [-0.2, 0) is 6.54 Å². The molecule has 3 N–H and O–H groups in total. The summed E-state index contributed by atoms with van der Waals surface area (Å²) in [7, 11) is 0. The van der Waals surface area contributed by atoms with E-state index in [1.54, 1.807) is 30.5 Å². The maximum Gasteiger partial charge on any atom is 0.128 e. The molecule has 0 fully saturated rings. The summed E-state index contributed by atoms with van der Waals surface area (Å²) in [6.45, 7) is 0.377. The van der Waals surface area contributed by atoms with Crippen molar-refractivity contribution in [1.29, 1.82) is 0 Å². The maximum atomic E-state index is 13.4. The highest BCUT2D eigenvalue weighted by molar-refractivity contribution is 9.10. The van der Waals surface area contributed by atoms with E-state index in [-0.39, 0.29) is 5.82 Å². The Morgan fingerprint density at radius 1 is 1.29 bits per heavy atom. The molecule has 1 heterocycles. The maximum absolute atomic E-state index is 13.4. The molecule has 0 unspecified atom stereocenters. The van der Waals surface area contributed by atoms with Crippen molar-refractivity contribution in [3.05, 3.63) is 52.4 Å². The summed E-state index contributed by atoms with van der Waals surface area (Å²) in [6.07, 6.45) is 1.56. The van der Waals surface area contributed by atoms with Crippen molar-refractivity contribution in [2.45, 2.75) is 6.54 Å². The quantitative estimate of drug-likeness (QED) is 0.914. The van der Waals surface area contributed by atoms with Crippen LogP contribution in [0, 0.1) is 5.82 Å². The van der Waals surface area contributed by atoms with Crippen LogP contribution in [0.1, 0.15) is 5.56 Å². The number of nitrogens with two attached hydrogens (primary N) is 1. The third-order valence-electron chi connectivity index (χ3n) is 2.25. The van der Waals surface area contributed by atoms with Gasteiger partial charge in [-0.2, -0.15) is 0 Å². The molecular weight excluding hydrogens is 285 g/mol. The molecule has 5 heteroatoms. The number of nitrogens with zero attached hydrogens (tertiary/aromatic N) is 1. The van der Waals surface area contributed by atoms with Crippen LogP contribution < -0.4 is 11.1 Å². The number of aromatic nitrogens is 1. The summed E-state index contributed by atoms with van der Waals surface area (Å²) in [5.41, 5.74) is 6.70. The Morgan fingerprint density at radius 3 is 2.82 bits per heavy atom. The SMILES string of the molecule is Nc1ccc(NCc2cc(Br)ccc2F)nc1. The lowest BCUT2D eigenvalue weighted by Crippen LogP contribution is -2.03. The standard InChI is InChI=1S/C12H11BrFN3/c13-9-1-3-11(14)8(5-9)6-16-12-4-2-10(15)7-17-12/h1-5,7H,6,15H2,(H,16,17). The molecule has 0 spiro atoms. The lowest BCUT2D eigenvalue weighted by molar-refractivity contribution is 0.612. The molecule has 0 aliphatic heterocycles. The molecule has 2 aromatic rings. The fourth-order valence-electron chi connectivity index (χ4n) is 1.37. The fraction of sp³-hybridized carbons (Fsp3) is 0.0833. The highest BCUT2D eigenvalue weighted by Gasteiger charge is 2.02. The normalized spacial score (nSPS) is 10.2. The molecule has 0 aliphatic rings. The zero-order chi connectivity index (χ0) is 12.3. The molecule has 0 amide bonds. The van der Waals surface area contributed by atoms with Gasteiger partial charge in [0.2, 0.25) is 0 Å². The second kappa shape index (κ2) is 5.14. The molecule has 3 nitrogen and oxygen atoms in total. The zero-order valence-electron chi connectivity index (χ0n) is 8.95. The number of halogens is 2. The van der Waals surface area contributed by atoms with Crippen molar-refractivity contribution in [3.8, 4) is 0 Å². The van der Waals surface area contributed by atoms with Gasteiger partial charge in [-0.25, -0.2) is 9.37 Å². The molecule has 17 heavy (non-hydrogen) atoms. The van der Waals surface area contributed by atoms with Gasteiger partial charge in [-0.1, -0.05) is 15.9 Å². The summed E-state index contributed by atoms with van der Waals surface area (Å²) < 4.78 is 14.3. The minimum Gasteiger partial charge on any atom is -0.397 e. The molecule has 2 rings (SSSR count). The minimum absolute atomic E-state index is 0.240. The van der Waals surface area contributed by atoms with Crippen molar-refractivity contribution in [1.82, 2.24) is 4.98 Å². The van der Waals surface area contributed by atoms with Gasteiger partial charge in [0.15, 0.2) is 0 Å². The van der Waals surface area contributed by atoms with Crippen LogP contribution in [0.15, 0.2) is 41.0 Å². The van der Waals surface area contributed by atoms with Crippen LogP contribution in [0.25, 0.3) is 0 Å². The van der Waals surface area contributed by atoms with E-state index < -0.39 is 0 Å². The molecule has 1 aromatic heterocycles. The number of hydrogen-bond donors (Lipinski definition) is 2. The number of pyridine rings is 1. The molecule has 0 aliphatic carbocycles. The van der Waals surface area contributed by atoms with Gasteiger partial charge in [0.25, 0.3) is 0 Å². The van der Waals surface area contributed by atoms with Gasteiger partial charge >= 0.3 is 0 Å². The summed E-state index contributed by atoms with van der Waals surface area (Å²) >= 11 is 3.31. The van der Waals surface area contributed by atoms with Crippen LogP contribution in [0.3, 0.4) is 0 Å². The number of nitrogen functional groups attached to an aromatic ring is 1. The van der Waals surface area contributed by atoms with Crippen LogP contribution >= 0.6 is 15.9 Å². The minimum atomic E-state index is -0.240. The first-order chi connectivity index (χ1) is 8.15. The van der Waals surface area contributed by atoms with Crippen LogP contribution in [0.4, 0.5) is 15.9 Å². The van der Waals surface area contributed by atoms with E-state index in [4.69, 9.17) is 5.73 Å². The van der Waals surface area contributed by atoms with Crippen molar-refractivity contribution >= 4 is 27.4 Å². The zero-order valence-corrected chi connectivity index (χ0v) is 10.5.